The number of esters is 1. The fourth-order valence-corrected chi connectivity index (χ4v) is 3.91. The van der Waals surface area contributed by atoms with Gasteiger partial charge in [0.1, 0.15) is 0 Å². The molecule has 0 spiro atoms. The first-order valence-corrected chi connectivity index (χ1v) is 9.32. The van der Waals surface area contributed by atoms with E-state index in [-0.39, 0.29) is 5.76 Å². The Hall–Kier alpha value is -1.82. The van der Waals surface area contributed by atoms with Gasteiger partial charge in [0.25, 0.3) is 0 Å². The van der Waals surface area contributed by atoms with Gasteiger partial charge in [-0.3, -0.25) is 9.69 Å². The summed E-state index contributed by atoms with van der Waals surface area (Å²) in [6.07, 6.45) is 8.53. The van der Waals surface area contributed by atoms with Gasteiger partial charge in [-0.25, -0.2) is 4.79 Å². The van der Waals surface area contributed by atoms with E-state index in [1.165, 1.54) is 39.1 Å². The minimum absolute atomic E-state index is 0.276. The molecule has 0 atom stereocenters. The Morgan fingerprint density at radius 1 is 1.20 bits per heavy atom. The molecule has 1 aliphatic heterocycles. The molecule has 1 aromatic rings. The van der Waals surface area contributed by atoms with E-state index in [1.54, 1.807) is 0 Å². The quantitative estimate of drug-likeness (QED) is 0.740. The average molecular weight is 348 g/mol. The zero-order chi connectivity index (χ0) is 17.6. The first kappa shape index (κ1) is 18.0. The van der Waals surface area contributed by atoms with E-state index in [0.29, 0.717) is 18.9 Å². The lowest BCUT2D eigenvalue weighted by Crippen LogP contribution is -2.48. The number of amides is 1. The standard InChI is InChI=1S/C19H28N2O4/c1-24-19(23)18-16(8-13-25-18)14-20-9-11-21(12-10-20)17(22)7-6-15-4-2-3-5-15/h8,13,15H,2-7,9-12,14H2,1H3. The highest BCUT2D eigenvalue weighted by Crippen LogP contribution is 2.28. The zero-order valence-electron chi connectivity index (χ0n) is 15.0. The third-order valence-electron chi connectivity index (χ3n) is 5.48. The van der Waals surface area contributed by atoms with Gasteiger partial charge in [0.2, 0.25) is 11.7 Å². The summed E-state index contributed by atoms with van der Waals surface area (Å²) in [5.41, 5.74) is 0.841. The Labute approximate surface area is 149 Å². The minimum Gasteiger partial charge on any atom is -0.463 e. The van der Waals surface area contributed by atoms with Gasteiger partial charge in [0.15, 0.2) is 0 Å². The smallest absolute Gasteiger partial charge is 0.374 e. The molecule has 2 heterocycles. The van der Waals surface area contributed by atoms with E-state index in [9.17, 15) is 9.59 Å². The van der Waals surface area contributed by atoms with Gasteiger partial charge in [-0.2, -0.15) is 0 Å². The molecule has 1 saturated heterocycles. The molecule has 6 nitrogen and oxygen atoms in total. The molecule has 2 aliphatic rings. The maximum absolute atomic E-state index is 12.4. The van der Waals surface area contributed by atoms with Crippen LogP contribution in [0.1, 0.15) is 54.6 Å². The van der Waals surface area contributed by atoms with Crippen LogP contribution >= 0.6 is 0 Å². The minimum atomic E-state index is -0.444. The summed E-state index contributed by atoms with van der Waals surface area (Å²) in [6.45, 7) is 3.80. The summed E-state index contributed by atoms with van der Waals surface area (Å²) >= 11 is 0. The molecule has 0 unspecified atom stereocenters. The fourth-order valence-electron chi connectivity index (χ4n) is 3.91. The molecule has 1 aliphatic carbocycles. The average Bonchev–Trinajstić information content (AvgIpc) is 3.31. The second-order valence-corrected chi connectivity index (χ2v) is 7.11. The number of methoxy groups -OCH3 is 1. The molecular formula is C19H28N2O4. The normalized spacial score (nSPS) is 19.3. The number of ether oxygens (including phenoxy) is 1. The number of carbonyl (C=O) groups is 2. The van der Waals surface area contributed by atoms with Crippen molar-refractivity contribution in [3.63, 3.8) is 0 Å². The highest BCUT2D eigenvalue weighted by molar-refractivity contribution is 5.87. The molecule has 1 amide bonds. The topological polar surface area (TPSA) is 63.0 Å². The molecule has 1 aromatic heterocycles. The summed E-state index contributed by atoms with van der Waals surface area (Å²) in [5.74, 6) is 0.895. The molecule has 3 rings (SSSR count). The van der Waals surface area contributed by atoms with Crippen molar-refractivity contribution < 1.29 is 18.7 Å². The SMILES string of the molecule is COC(=O)c1occc1CN1CCN(C(=O)CCC2CCCC2)CC1. The van der Waals surface area contributed by atoms with E-state index < -0.39 is 5.97 Å². The van der Waals surface area contributed by atoms with Crippen LogP contribution in [0, 0.1) is 5.92 Å². The van der Waals surface area contributed by atoms with E-state index in [2.05, 4.69) is 4.90 Å². The number of rotatable bonds is 6. The van der Waals surface area contributed by atoms with Gasteiger partial charge in [0, 0.05) is 44.7 Å². The van der Waals surface area contributed by atoms with Crippen LogP contribution in [0.5, 0.6) is 0 Å². The fraction of sp³-hybridized carbons (Fsp3) is 0.684. The third kappa shape index (κ3) is 4.63. The van der Waals surface area contributed by atoms with Gasteiger partial charge in [-0.1, -0.05) is 25.7 Å². The van der Waals surface area contributed by atoms with Crippen LogP contribution in [0.25, 0.3) is 0 Å². The first-order valence-electron chi connectivity index (χ1n) is 9.32. The van der Waals surface area contributed by atoms with Crippen LogP contribution in [-0.4, -0.2) is 55.0 Å². The van der Waals surface area contributed by atoms with E-state index in [4.69, 9.17) is 9.15 Å². The molecule has 0 bridgehead atoms. The molecule has 138 valence electrons. The second-order valence-electron chi connectivity index (χ2n) is 7.11. The van der Waals surface area contributed by atoms with Crippen LogP contribution in [-0.2, 0) is 16.1 Å². The highest BCUT2D eigenvalue weighted by Gasteiger charge is 2.24. The highest BCUT2D eigenvalue weighted by atomic mass is 16.5. The number of hydrogen-bond acceptors (Lipinski definition) is 5. The number of hydrogen-bond donors (Lipinski definition) is 0. The summed E-state index contributed by atoms with van der Waals surface area (Å²) < 4.78 is 9.97. The Balaban J connectivity index is 1.43. The largest absolute Gasteiger partial charge is 0.463 e. The molecule has 6 heteroatoms. The van der Waals surface area contributed by atoms with Crippen molar-refractivity contribution in [2.24, 2.45) is 5.92 Å². The van der Waals surface area contributed by atoms with Gasteiger partial charge < -0.3 is 14.1 Å². The molecule has 25 heavy (non-hydrogen) atoms. The predicted octanol–water partition coefficient (Wildman–Crippen LogP) is 2.68. The van der Waals surface area contributed by atoms with Gasteiger partial charge in [0.05, 0.1) is 13.4 Å². The lowest BCUT2D eigenvalue weighted by atomic mass is 10.0. The molecule has 0 radical (unpaired) electrons. The monoisotopic (exact) mass is 348 g/mol. The second kappa shape index (κ2) is 8.52. The Bertz CT molecular complexity index is 584. The van der Waals surface area contributed by atoms with Gasteiger partial charge >= 0.3 is 5.97 Å². The van der Waals surface area contributed by atoms with Gasteiger partial charge in [-0.05, 0) is 18.4 Å². The number of furan rings is 1. The zero-order valence-corrected chi connectivity index (χ0v) is 15.0. The van der Waals surface area contributed by atoms with Crippen molar-refractivity contribution in [1.82, 2.24) is 9.80 Å². The summed E-state index contributed by atoms with van der Waals surface area (Å²) in [6, 6.07) is 1.81. The number of nitrogens with zero attached hydrogens (tertiary/aromatic N) is 2. The predicted molar refractivity (Wildman–Crippen MR) is 93.1 cm³/mol. The Kier molecular flexibility index (Phi) is 6.13. The van der Waals surface area contributed by atoms with E-state index in [1.807, 2.05) is 11.0 Å². The van der Waals surface area contributed by atoms with E-state index >= 15 is 0 Å². The van der Waals surface area contributed by atoms with Crippen molar-refractivity contribution in [2.45, 2.75) is 45.1 Å². The molecule has 0 N–H and O–H groups in total. The molecule has 0 aromatic carbocycles. The van der Waals surface area contributed by atoms with E-state index in [0.717, 1.165) is 44.1 Å². The van der Waals surface area contributed by atoms with Crippen LogP contribution in [0.3, 0.4) is 0 Å². The summed E-state index contributed by atoms with van der Waals surface area (Å²) in [5, 5.41) is 0. The summed E-state index contributed by atoms with van der Waals surface area (Å²) in [4.78, 5) is 28.3. The van der Waals surface area contributed by atoms with Crippen molar-refractivity contribution >= 4 is 11.9 Å². The van der Waals surface area contributed by atoms with Crippen LogP contribution in [0.4, 0.5) is 0 Å². The first-order chi connectivity index (χ1) is 12.2. The van der Waals surface area contributed by atoms with Crippen molar-refractivity contribution in [1.29, 1.82) is 0 Å². The summed E-state index contributed by atoms with van der Waals surface area (Å²) in [7, 11) is 1.35. The molecule has 2 fully saturated rings. The lowest BCUT2D eigenvalue weighted by molar-refractivity contribution is -0.133. The van der Waals surface area contributed by atoms with Crippen molar-refractivity contribution in [3.8, 4) is 0 Å². The maximum atomic E-state index is 12.4. The lowest BCUT2D eigenvalue weighted by Gasteiger charge is -2.34. The van der Waals surface area contributed by atoms with Crippen molar-refractivity contribution in [3.05, 3.63) is 23.7 Å². The van der Waals surface area contributed by atoms with Crippen LogP contribution < -0.4 is 0 Å². The molecule has 1 saturated carbocycles. The van der Waals surface area contributed by atoms with Crippen LogP contribution in [0.15, 0.2) is 16.7 Å². The molecular weight excluding hydrogens is 320 g/mol. The Morgan fingerprint density at radius 2 is 1.92 bits per heavy atom. The van der Waals surface area contributed by atoms with Crippen molar-refractivity contribution in [2.75, 3.05) is 33.3 Å². The third-order valence-corrected chi connectivity index (χ3v) is 5.48. The number of carbonyl (C=O) groups excluding carboxylic acids is 2. The van der Waals surface area contributed by atoms with Gasteiger partial charge in [-0.15, -0.1) is 0 Å². The number of piperazine rings is 1. The van der Waals surface area contributed by atoms with Crippen LogP contribution in [0.2, 0.25) is 0 Å². The Morgan fingerprint density at radius 3 is 2.60 bits per heavy atom. The maximum Gasteiger partial charge on any atom is 0.374 e.